The van der Waals surface area contributed by atoms with Crippen LogP contribution in [0.2, 0.25) is 0 Å². The fourth-order valence-corrected chi connectivity index (χ4v) is 2.91. The number of carbonyl (C=O) groups excluding carboxylic acids is 1. The molecule has 0 radical (unpaired) electrons. The lowest BCUT2D eigenvalue weighted by molar-refractivity contribution is -0.160. The first-order chi connectivity index (χ1) is 18.0. The molecule has 0 heterocycles. The van der Waals surface area contributed by atoms with E-state index in [0.717, 1.165) is 25.3 Å². The van der Waals surface area contributed by atoms with Gasteiger partial charge in [0, 0.05) is 12.5 Å². The Kier molecular flexibility index (Phi) is 28.0. The monoisotopic (exact) mass is 558 g/mol. The van der Waals surface area contributed by atoms with E-state index >= 15 is 0 Å². The number of alkyl halides is 1. The van der Waals surface area contributed by atoms with Crippen LogP contribution >= 0.6 is 11.6 Å². The van der Waals surface area contributed by atoms with Gasteiger partial charge >= 0.3 is 5.97 Å². The van der Waals surface area contributed by atoms with Crippen molar-refractivity contribution in [3.05, 3.63) is 0 Å². The van der Waals surface area contributed by atoms with Crippen LogP contribution < -0.4 is 0 Å². The predicted molar refractivity (Wildman–Crippen MR) is 142 cm³/mol. The summed E-state index contributed by atoms with van der Waals surface area (Å²) in [6, 6.07) is 0. The molecule has 0 aromatic carbocycles. The predicted octanol–water partition coefficient (Wildman–Crippen LogP) is 3.26. The quantitative estimate of drug-likeness (QED) is 0.0772. The zero-order chi connectivity index (χ0) is 27.3. The van der Waals surface area contributed by atoms with Gasteiger partial charge in [-0.25, -0.2) is 4.79 Å². The molecule has 0 aromatic rings. The average Bonchev–Trinajstić information content (AvgIpc) is 2.84. The normalized spacial score (nSPS) is 11.8. The maximum absolute atomic E-state index is 11.5. The first-order valence-corrected chi connectivity index (χ1v) is 13.9. The lowest BCUT2D eigenvalue weighted by Gasteiger charge is -2.19. The van der Waals surface area contributed by atoms with Crippen LogP contribution in [0.15, 0.2) is 0 Å². The number of halogens is 1. The van der Waals surface area contributed by atoms with Crippen LogP contribution in [0.4, 0.5) is 0 Å². The Balaban J connectivity index is 3.09. The van der Waals surface area contributed by atoms with Gasteiger partial charge in [-0.1, -0.05) is 12.8 Å². The number of esters is 1. The van der Waals surface area contributed by atoms with Crippen LogP contribution in [0.3, 0.4) is 0 Å². The van der Waals surface area contributed by atoms with Gasteiger partial charge in [0.15, 0.2) is 0 Å². The second-order valence-corrected chi connectivity index (χ2v) is 9.41. The molecule has 0 aliphatic heterocycles. The van der Waals surface area contributed by atoms with E-state index in [1.807, 2.05) is 20.8 Å². The Morgan fingerprint density at radius 3 is 1.16 bits per heavy atom. The molecule has 222 valence electrons. The minimum Gasteiger partial charge on any atom is -0.458 e. The maximum Gasteiger partial charge on any atom is 0.332 e. The lowest BCUT2D eigenvalue weighted by atomic mass is 10.2. The molecule has 37 heavy (non-hydrogen) atoms. The molecule has 0 rings (SSSR count). The van der Waals surface area contributed by atoms with Gasteiger partial charge in [-0.2, -0.15) is 0 Å². The Morgan fingerprint density at radius 2 is 0.811 bits per heavy atom. The van der Waals surface area contributed by atoms with Gasteiger partial charge in [0.2, 0.25) is 0 Å². The number of unbranched alkanes of at least 4 members (excludes halogenated alkanes) is 3. The second-order valence-electron chi connectivity index (χ2n) is 9.03. The third-order valence-corrected chi connectivity index (χ3v) is 4.68. The van der Waals surface area contributed by atoms with E-state index in [2.05, 4.69) is 0 Å². The zero-order valence-electron chi connectivity index (χ0n) is 23.3. The van der Waals surface area contributed by atoms with Gasteiger partial charge in [0.25, 0.3) is 0 Å². The number of hydrogen-bond donors (Lipinski definition) is 0. The van der Waals surface area contributed by atoms with Crippen molar-refractivity contribution in [2.75, 3.05) is 112 Å². The highest BCUT2D eigenvalue weighted by Gasteiger charge is 2.15. The Hall–Kier alpha value is -0.560. The van der Waals surface area contributed by atoms with Crippen LogP contribution in [0.5, 0.6) is 0 Å². The fraction of sp³-hybridized carbons (Fsp3) is 0.962. The molecule has 0 bridgehead atoms. The van der Waals surface area contributed by atoms with Crippen molar-refractivity contribution in [3.63, 3.8) is 0 Å². The summed E-state index contributed by atoms with van der Waals surface area (Å²) in [4.78, 5) is 11.5. The van der Waals surface area contributed by atoms with Crippen LogP contribution in [0, 0.1) is 0 Å². The first kappa shape index (κ1) is 36.4. The Bertz CT molecular complexity index is 477. The molecule has 0 unspecified atom stereocenters. The van der Waals surface area contributed by atoms with Crippen molar-refractivity contribution < 1.29 is 47.4 Å². The molecule has 0 saturated heterocycles. The molecule has 0 aromatic heterocycles. The molecule has 0 amide bonds. The van der Waals surface area contributed by atoms with E-state index in [1.165, 1.54) is 12.8 Å². The van der Waals surface area contributed by atoms with Gasteiger partial charge < -0.3 is 42.6 Å². The van der Waals surface area contributed by atoms with E-state index in [9.17, 15) is 4.79 Å². The number of hydrogen-bond acceptors (Lipinski definition) is 10. The van der Waals surface area contributed by atoms with Gasteiger partial charge in [-0.15, -0.1) is 11.6 Å². The number of carbonyl (C=O) groups is 1. The third-order valence-electron chi connectivity index (χ3n) is 4.42. The summed E-state index contributed by atoms with van der Waals surface area (Å²) >= 11 is 5.64. The molecule has 11 heteroatoms. The molecule has 0 aliphatic carbocycles. The van der Waals surface area contributed by atoms with Crippen LogP contribution in [-0.2, 0) is 47.4 Å². The van der Waals surface area contributed by atoms with Crippen LogP contribution in [-0.4, -0.2) is 123 Å². The van der Waals surface area contributed by atoms with Gasteiger partial charge in [0.05, 0.1) is 92.5 Å². The highest BCUT2D eigenvalue weighted by molar-refractivity contribution is 6.17. The van der Waals surface area contributed by atoms with E-state index in [0.29, 0.717) is 92.5 Å². The van der Waals surface area contributed by atoms with Crippen molar-refractivity contribution >= 4 is 17.6 Å². The summed E-state index contributed by atoms with van der Waals surface area (Å²) in [6.07, 6.45) is 4.49. The van der Waals surface area contributed by atoms with E-state index < -0.39 is 5.60 Å². The fourth-order valence-electron chi connectivity index (χ4n) is 2.72. The summed E-state index contributed by atoms with van der Waals surface area (Å²) in [6.45, 7) is 13.1. The van der Waals surface area contributed by atoms with Gasteiger partial charge in [-0.3, -0.25) is 0 Å². The molecule has 0 fully saturated rings. The van der Waals surface area contributed by atoms with Crippen molar-refractivity contribution in [2.24, 2.45) is 0 Å². The van der Waals surface area contributed by atoms with Crippen molar-refractivity contribution in [2.45, 2.75) is 52.1 Å². The molecule has 0 aliphatic rings. The summed E-state index contributed by atoms with van der Waals surface area (Å²) < 4.78 is 48.5. The molecular formula is C26H51ClO10. The first-order valence-electron chi connectivity index (χ1n) is 13.4. The molecule has 10 nitrogen and oxygen atoms in total. The van der Waals surface area contributed by atoms with Crippen LogP contribution in [0.25, 0.3) is 0 Å². The molecule has 0 atom stereocenters. The molecular weight excluding hydrogens is 508 g/mol. The smallest absolute Gasteiger partial charge is 0.332 e. The third kappa shape index (κ3) is 33.4. The summed E-state index contributed by atoms with van der Waals surface area (Å²) in [7, 11) is 0. The SMILES string of the molecule is CC(C)(C)OC(=O)COCCOCCOCCOCCOCCOCCOCCOCCCCCCCl. The highest BCUT2D eigenvalue weighted by atomic mass is 35.5. The summed E-state index contributed by atoms with van der Waals surface area (Å²) in [5, 5.41) is 0. The van der Waals surface area contributed by atoms with E-state index in [1.54, 1.807) is 0 Å². The summed E-state index contributed by atoms with van der Waals surface area (Å²) in [5.41, 5.74) is -0.503. The minimum atomic E-state index is -0.503. The molecule has 0 N–H and O–H groups in total. The van der Waals surface area contributed by atoms with Crippen molar-refractivity contribution in [3.8, 4) is 0 Å². The Morgan fingerprint density at radius 1 is 0.486 bits per heavy atom. The second kappa shape index (κ2) is 28.4. The van der Waals surface area contributed by atoms with Crippen LogP contribution in [0.1, 0.15) is 46.5 Å². The standard InChI is InChI=1S/C26H51ClO10/c1-26(2,3)37-25(28)24-36-23-22-35-21-20-34-19-18-33-17-16-32-15-14-31-13-12-30-11-10-29-9-7-5-4-6-8-27/h4-24H2,1-3H3. The Labute approximate surface area is 228 Å². The van der Waals surface area contributed by atoms with Gasteiger partial charge in [0.1, 0.15) is 12.2 Å². The van der Waals surface area contributed by atoms with E-state index in [-0.39, 0.29) is 12.6 Å². The minimum absolute atomic E-state index is 0.0760. The summed E-state index contributed by atoms with van der Waals surface area (Å²) in [5.74, 6) is 0.361. The topological polar surface area (TPSA) is 100 Å². The number of rotatable bonds is 29. The highest BCUT2D eigenvalue weighted by Crippen LogP contribution is 2.06. The molecule has 0 spiro atoms. The maximum atomic E-state index is 11.5. The van der Waals surface area contributed by atoms with Crippen molar-refractivity contribution in [1.29, 1.82) is 0 Å². The lowest BCUT2D eigenvalue weighted by Crippen LogP contribution is -2.27. The van der Waals surface area contributed by atoms with Crippen molar-refractivity contribution in [1.82, 2.24) is 0 Å². The largest absolute Gasteiger partial charge is 0.458 e. The number of ether oxygens (including phenoxy) is 9. The van der Waals surface area contributed by atoms with E-state index in [4.69, 9.17) is 54.2 Å². The average molecular weight is 559 g/mol. The zero-order valence-corrected chi connectivity index (χ0v) is 24.1. The van der Waals surface area contributed by atoms with Gasteiger partial charge in [-0.05, 0) is 33.6 Å². The molecule has 0 saturated carbocycles.